The van der Waals surface area contributed by atoms with E-state index in [2.05, 4.69) is 10.3 Å². The highest BCUT2D eigenvalue weighted by atomic mass is 32.1. The van der Waals surface area contributed by atoms with Crippen LogP contribution in [0.1, 0.15) is 27.6 Å². The predicted octanol–water partition coefficient (Wildman–Crippen LogP) is 4.16. The molecule has 3 rings (SSSR count). The molecule has 1 N–H and O–H groups in total. The number of nitro groups is 1. The van der Waals surface area contributed by atoms with E-state index < -0.39 is 16.8 Å². The van der Waals surface area contributed by atoms with Crippen LogP contribution in [0.15, 0.2) is 47.8 Å². The Labute approximate surface area is 175 Å². The Morgan fingerprint density at radius 2 is 1.93 bits per heavy atom. The van der Waals surface area contributed by atoms with Gasteiger partial charge in [-0.15, -0.1) is 11.3 Å². The third-order valence-electron chi connectivity index (χ3n) is 4.01. The van der Waals surface area contributed by atoms with Crippen LogP contribution in [0, 0.1) is 10.1 Å². The summed E-state index contributed by atoms with van der Waals surface area (Å²) in [5.74, 6) is -0.744. The number of thiazole rings is 1. The molecule has 1 aromatic heterocycles. The number of nitrogens with zero attached hydrogens (tertiary/aromatic N) is 2. The SMILES string of the molecule is CCOC(=O)c1cc(C(=O)Nc2nc(-c3ccccc3OC)cs2)cc([N+](=O)[O-])c1. The summed E-state index contributed by atoms with van der Waals surface area (Å²) < 4.78 is 10.2. The van der Waals surface area contributed by atoms with E-state index in [1.807, 2.05) is 18.2 Å². The first-order valence-corrected chi connectivity index (χ1v) is 9.67. The molecule has 0 fully saturated rings. The van der Waals surface area contributed by atoms with Gasteiger partial charge in [-0.05, 0) is 25.1 Å². The first-order chi connectivity index (χ1) is 14.4. The number of amides is 1. The smallest absolute Gasteiger partial charge is 0.338 e. The van der Waals surface area contributed by atoms with Gasteiger partial charge in [0.1, 0.15) is 5.75 Å². The second kappa shape index (κ2) is 9.14. The highest BCUT2D eigenvalue weighted by Gasteiger charge is 2.20. The average molecular weight is 427 g/mol. The van der Waals surface area contributed by atoms with Gasteiger partial charge in [0.15, 0.2) is 5.13 Å². The van der Waals surface area contributed by atoms with Crippen LogP contribution in [0.2, 0.25) is 0 Å². The summed E-state index contributed by atoms with van der Waals surface area (Å²) in [5.41, 5.74) is 0.849. The van der Waals surface area contributed by atoms with Gasteiger partial charge in [-0.25, -0.2) is 9.78 Å². The Morgan fingerprint density at radius 1 is 1.20 bits per heavy atom. The van der Waals surface area contributed by atoms with Crippen LogP contribution in [-0.2, 0) is 4.74 Å². The number of benzene rings is 2. The Hall–Kier alpha value is -3.79. The van der Waals surface area contributed by atoms with Crippen molar-refractivity contribution in [2.24, 2.45) is 0 Å². The number of anilines is 1. The monoisotopic (exact) mass is 427 g/mol. The van der Waals surface area contributed by atoms with Crippen molar-refractivity contribution in [3.05, 3.63) is 69.1 Å². The molecule has 0 radical (unpaired) electrons. The van der Waals surface area contributed by atoms with Gasteiger partial charge in [0, 0.05) is 28.6 Å². The van der Waals surface area contributed by atoms with Gasteiger partial charge in [0.2, 0.25) is 0 Å². The van der Waals surface area contributed by atoms with Crippen LogP contribution >= 0.6 is 11.3 Å². The summed E-state index contributed by atoms with van der Waals surface area (Å²) >= 11 is 1.19. The lowest BCUT2D eigenvalue weighted by Gasteiger charge is -2.06. The molecule has 0 atom stereocenters. The van der Waals surface area contributed by atoms with E-state index in [0.29, 0.717) is 16.6 Å². The highest BCUT2D eigenvalue weighted by Crippen LogP contribution is 2.32. The minimum absolute atomic E-state index is 0.0544. The average Bonchev–Trinajstić information content (AvgIpc) is 3.21. The van der Waals surface area contributed by atoms with Crippen molar-refractivity contribution in [3.63, 3.8) is 0 Å². The van der Waals surface area contributed by atoms with E-state index in [4.69, 9.17) is 9.47 Å². The number of ether oxygens (including phenoxy) is 2. The fourth-order valence-electron chi connectivity index (χ4n) is 2.66. The lowest BCUT2D eigenvalue weighted by Crippen LogP contribution is -2.14. The van der Waals surface area contributed by atoms with E-state index in [-0.39, 0.29) is 23.4 Å². The number of aromatic nitrogens is 1. The highest BCUT2D eigenvalue weighted by molar-refractivity contribution is 7.14. The van der Waals surface area contributed by atoms with Crippen molar-refractivity contribution < 1.29 is 24.0 Å². The van der Waals surface area contributed by atoms with Crippen molar-refractivity contribution in [1.82, 2.24) is 4.98 Å². The number of rotatable bonds is 7. The maximum atomic E-state index is 12.6. The number of nitrogens with one attached hydrogen (secondary N) is 1. The van der Waals surface area contributed by atoms with Gasteiger partial charge in [-0.3, -0.25) is 20.2 Å². The topological polar surface area (TPSA) is 121 Å². The van der Waals surface area contributed by atoms with Gasteiger partial charge < -0.3 is 9.47 Å². The Morgan fingerprint density at radius 3 is 2.63 bits per heavy atom. The summed E-state index contributed by atoms with van der Waals surface area (Å²) in [4.78, 5) is 39.5. The molecule has 2 aromatic carbocycles. The number of nitro benzene ring substituents is 1. The van der Waals surface area contributed by atoms with Crippen molar-refractivity contribution in [2.45, 2.75) is 6.92 Å². The third kappa shape index (κ3) is 4.61. The Kier molecular flexibility index (Phi) is 6.38. The van der Waals surface area contributed by atoms with E-state index in [9.17, 15) is 19.7 Å². The molecule has 10 heteroatoms. The molecule has 1 heterocycles. The first-order valence-electron chi connectivity index (χ1n) is 8.79. The molecule has 0 aliphatic carbocycles. The molecule has 30 heavy (non-hydrogen) atoms. The van der Waals surface area contributed by atoms with Crippen LogP contribution in [0.3, 0.4) is 0 Å². The van der Waals surface area contributed by atoms with Gasteiger partial charge >= 0.3 is 5.97 Å². The van der Waals surface area contributed by atoms with Gasteiger partial charge in [0.25, 0.3) is 11.6 Å². The number of hydrogen-bond acceptors (Lipinski definition) is 8. The van der Waals surface area contributed by atoms with Crippen molar-refractivity contribution >= 4 is 34.0 Å². The van der Waals surface area contributed by atoms with Crippen molar-refractivity contribution in [1.29, 1.82) is 0 Å². The number of hydrogen-bond donors (Lipinski definition) is 1. The molecular weight excluding hydrogens is 410 g/mol. The molecule has 0 spiro atoms. The van der Waals surface area contributed by atoms with Crippen LogP contribution < -0.4 is 10.1 Å². The standard InChI is InChI=1S/C20H17N3O6S/c1-3-29-19(25)13-8-12(9-14(10-13)23(26)27)18(24)22-20-21-16(11-30-20)15-6-4-5-7-17(15)28-2/h4-11H,3H2,1-2H3,(H,21,22,24). The summed E-state index contributed by atoms with van der Waals surface area (Å²) in [6.07, 6.45) is 0. The molecule has 154 valence electrons. The number of carbonyl (C=O) groups excluding carboxylic acids is 2. The molecule has 0 bridgehead atoms. The molecule has 0 aliphatic rings. The molecular formula is C20H17N3O6S. The molecule has 9 nitrogen and oxygen atoms in total. The zero-order valence-electron chi connectivity index (χ0n) is 16.1. The summed E-state index contributed by atoms with van der Waals surface area (Å²) in [7, 11) is 1.55. The molecule has 0 saturated heterocycles. The zero-order valence-corrected chi connectivity index (χ0v) is 16.9. The van der Waals surface area contributed by atoms with Gasteiger partial charge in [-0.1, -0.05) is 12.1 Å². The van der Waals surface area contributed by atoms with Crippen molar-refractivity contribution in [2.75, 3.05) is 19.0 Å². The summed E-state index contributed by atoms with van der Waals surface area (Å²) in [6.45, 7) is 1.72. The molecule has 0 unspecified atom stereocenters. The van der Waals surface area contributed by atoms with E-state index >= 15 is 0 Å². The predicted molar refractivity (Wildman–Crippen MR) is 111 cm³/mol. The summed E-state index contributed by atoms with van der Waals surface area (Å²) in [5, 5.41) is 15.8. The third-order valence-corrected chi connectivity index (χ3v) is 4.77. The van der Waals surface area contributed by atoms with Crippen molar-refractivity contribution in [3.8, 4) is 17.0 Å². The van der Waals surface area contributed by atoms with Crippen LogP contribution in [-0.4, -0.2) is 35.5 Å². The Bertz CT molecular complexity index is 1110. The maximum absolute atomic E-state index is 12.6. The second-order valence-corrected chi connectivity index (χ2v) is 6.80. The summed E-state index contributed by atoms with van der Waals surface area (Å²) in [6, 6.07) is 10.7. The van der Waals surface area contributed by atoms with Crippen LogP contribution in [0.5, 0.6) is 5.75 Å². The first kappa shape index (κ1) is 20.9. The second-order valence-electron chi connectivity index (χ2n) is 5.94. The normalized spacial score (nSPS) is 10.3. The Balaban J connectivity index is 1.87. The number of carbonyl (C=O) groups is 2. The van der Waals surface area contributed by atoms with E-state index in [0.717, 1.165) is 17.7 Å². The molecule has 0 saturated carbocycles. The molecule has 0 aliphatic heterocycles. The number of methoxy groups -OCH3 is 1. The zero-order chi connectivity index (χ0) is 21.7. The largest absolute Gasteiger partial charge is 0.496 e. The van der Waals surface area contributed by atoms with Gasteiger partial charge in [0.05, 0.1) is 29.9 Å². The fourth-order valence-corrected chi connectivity index (χ4v) is 3.37. The maximum Gasteiger partial charge on any atom is 0.338 e. The number of non-ortho nitro benzene ring substituents is 1. The molecule has 3 aromatic rings. The quantitative estimate of drug-likeness (QED) is 0.341. The lowest BCUT2D eigenvalue weighted by molar-refractivity contribution is -0.384. The van der Waals surface area contributed by atoms with Crippen LogP contribution in [0.25, 0.3) is 11.3 Å². The van der Waals surface area contributed by atoms with E-state index in [1.54, 1.807) is 25.5 Å². The van der Waals surface area contributed by atoms with E-state index in [1.165, 1.54) is 17.4 Å². The number of para-hydroxylation sites is 1. The fraction of sp³-hybridized carbons (Fsp3) is 0.150. The van der Waals surface area contributed by atoms with Crippen LogP contribution in [0.4, 0.5) is 10.8 Å². The lowest BCUT2D eigenvalue weighted by atomic mass is 10.1. The minimum Gasteiger partial charge on any atom is -0.496 e. The number of esters is 1. The van der Waals surface area contributed by atoms with Gasteiger partial charge in [-0.2, -0.15) is 0 Å². The molecule has 1 amide bonds. The minimum atomic E-state index is -0.747.